The molecule has 0 radical (unpaired) electrons. The van der Waals surface area contributed by atoms with E-state index in [1.54, 1.807) is 6.20 Å². The number of rotatable bonds is 2. The second-order valence-corrected chi connectivity index (χ2v) is 6.26. The minimum absolute atomic E-state index is 0.0806. The van der Waals surface area contributed by atoms with Gasteiger partial charge in [0.1, 0.15) is 9.71 Å². The van der Waals surface area contributed by atoms with Crippen molar-refractivity contribution in [1.82, 2.24) is 9.88 Å². The minimum atomic E-state index is 0.0806. The predicted molar refractivity (Wildman–Crippen MR) is 83.0 cm³/mol. The molecule has 1 unspecified atom stereocenters. The first-order chi connectivity index (χ1) is 9.72. The molecule has 2 N–H and O–H groups in total. The number of piperidine rings is 1. The van der Waals surface area contributed by atoms with Crippen molar-refractivity contribution in [2.24, 2.45) is 0 Å². The van der Waals surface area contributed by atoms with Gasteiger partial charge in [0.05, 0.1) is 5.69 Å². The van der Waals surface area contributed by atoms with Gasteiger partial charge < -0.3 is 10.6 Å². The van der Waals surface area contributed by atoms with Crippen LogP contribution in [-0.4, -0.2) is 28.4 Å². The van der Waals surface area contributed by atoms with Gasteiger partial charge in [0.25, 0.3) is 5.91 Å². The van der Waals surface area contributed by atoms with E-state index < -0.39 is 0 Å². The van der Waals surface area contributed by atoms with Crippen molar-refractivity contribution in [3.05, 3.63) is 23.2 Å². The summed E-state index contributed by atoms with van der Waals surface area (Å²) >= 11 is 1.41. The Morgan fingerprint density at radius 3 is 3.15 bits per heavy atom. The van der Waals surface area contributed by atoms with E-state index >= 15 is 0 Å². The topological polar surface area (TPSA) is 59.2 Å². The van der Waals surface area contributed by atoms with Gasteiger partial charge >= 0.3 is 0 Å². The molecule has 106 valence electrons. The third-order valence-electron chi connectivity index (χ3n) is 4.06. The summed E-state index contributed by atoms with van der Waals surface area (Å²) < 4.78 is 0. The Morgan fingerprint density at radius 2 is 2.40 bits per heavy atom. The van der Waals surface area contributed by atoms with Crippen LogP contribution in [0, 0.1) is 0 Å². The summed E-state index contributed by atoms with van der Waals surface area (Å²) in [7, 11) is 0. The van der Waals surface area contributed by atoms with E-state index in [1.165, 1.54) is 17.8 Å². The van der Waals surface area contributed by atoms with Crippen molar-refractivity contribution < 1.29 is 4.79 Å². The lowest BCUT2D eigenvalue weighted by atomic mass is 9.99. The van der Waals surface area contributed by atoms with Crippen molar-refractivity contribution >= 4 is 33.1 Å². The molecule has 0 aromatic carbocycles. The third-order valence-corrected chi connectivity index (χ3v) is 5.18. The summed E-state index contributed by atoms with van der Waals surface area (Å²) in [5.41, 5.74) is 6.74. The molecule has 0 spiro atoms. The van der Waals surface area contributed by atoms with E-state index in [0.717, 1.165) is 36.0 Å². The van der Waals surface area contributed by atoms with Gasteiger partial charge in [-0.2, -0.15) is 0 Å². The number of carbonyl (C=O) groups excluding carboxylic acids is 1. The average molecular weight is 289 g/mol. The van der Waals surface area contributed by atoms with Crippen LogP contribution < -0.4 is 5.73 Å². The molecule has 1 fully saturated rings. The number of anilines is 1. The Morgan fingerprint density at radius 1 is 1.55 bits per heavy atom. The van der Waals surface area contributed by atoms with Crippen LogP contribution in [0.3, 0.4) is 0 Å². The van der Waals surface area contributed by atoms with Gasteiger partial charge in [-0.1, -0.05) is 6.92 Å². The van der Waals surface area contributed by atoms with E-state index in [1.807, 2.05) is 17.0 Å². The number of pyridine rings is 1. The highest BCUT2D eigenvalue weighted by Gasteiger charge is 2.29. The van der Waals surface area contributed by atoms with Crippen LogP contribution in [0.5, 0.6) is 0 Å². The second kappa shape index (κ2) is 5.40. The second-order valence-electron chi connectivity index (χ2n) is 5.26. The van der Waals surface area contributed by atoms with Gasteiger partial charge in [0, 0.05) is 24.2 Å². The molecular weight excluding hydrogens is 270 g/mol. The van der Waals surface area contributed by atoms with Gasteiger partial charge in [-0.05, 0) is 37.8 Å². The Hall–Kier alpha value is -1.62. The molecule has 20 heavy (non-hydrogen) atoms. The summed E-state index contributed by atoms with van der Waals surface area (Å²) in [5.74, 6) is 0.0806. The van der Waals surface area contributed by atoms with E-state index in [9.17, 15) is 4.79 Å². The van der Waals surface area contributed by atoms with Crippen LogP contribution >= 0.6 is 11.3 Å². The zero-order chi connectivity index (χ0) is 14.1. The Bertz CT molecular complexity index is 637. The third kappa shape index (κ3) is 2.16. The highest BCUT2D eigenvalue weighted by molar-refractivity contribution is 7.21. The molecule has 1 saturated heterocycles. The fraction of sp³-hybridized carbons (Fsp3) is 0.467. The number of amides is 1. The molecule has 1 amide bonds. The first kappa shape index (κ1) is 13.4. The van der Waals surface area contributed by atoms with Gasteiger partial charge in [-0.3, -0.25) is 4.79 Å². The molecule has 0 bridgehead atoms. The lowest BCUT2D eigenvalue weighted by molar-refractivity contribution is 0.0614. The smallest absolute Gasteiger partial charge is 0.266 e. The standard InChI is InChI=1S/C15H19N3OS/c1-2-10-6-3-4-9-18(10)15(19)13-12(16)11-7-5-8-17-14(11)20-13/h5,7-8,10H,2-4,6,9,16H2,1H3. The summed E-state index contributed by atoms with van der Waals surface area (Å²) in [6, 6.07) is 4.14. The monoisotopic (exact) mass is 289 g/mol. The number of hydrogen-bond donors (Lipinski definition) is 1. The number of nitrogen functional groups attached to an aromatic ring is 1. The predicted octanol–water partition coefficient (Wildman–Crippen LogP) is 3.28. The SMILES string of the molecule is CCC1CCCCN1C(=O)c1sc2ncccc2c1N. The Kier molecular flexibility index (Phi) is 3.61. The Labute approximate surface area is 122 Å². The average Bonchev–Trinajstić information content (AvgIpc) is 2.84. The number of fused-ring (bicyclic) bond motifs is 1. The summed E-state index contributed by atoms with van der Waals surface area (Å²) in [6.45, 7) is 2.99. The molecule has 3 rings (SSSR count). The minimum Gasteiger partial charge on any atom is -0.397 e. The first-order valence-electron chi connectivity index (χ1n) is 7.16. The first-order valence-corrected chi connectivity index (χ1v) is 7.98. The quantitative estimate of drug-likeness (QED) is 0.923. The van der Waals surface area contributed by atoms with E-state index in [0.29, 0.717) is 16.6 Å². The van der Waals surface area contributed by atoms with Crippen LogP contribution in [0.15, 0.2) is 18.3 Å². The molecule has 2 aromatic rings. The van der Waals surface area contributed by atoms with E-state index in [-0.39, 0.29) is 5.91 Å². The van der Waals surface area contributed by atoms with Gasteiger partial charge in [-0.25, -0.2) is 4.98 Å². The molecule has 0 aliphatic carbocycles. The van der Waals surface area contributed by atoms with Crippen molar-refractivity contribution in [2.45, 2.75) is 38.6 Å². The zero-order valence-corrected chi connectivity index (χ0v) is 12.4. The number of carbonyl (C=O) groups is 1. The fourth-order valence-electron chi connectivity index (χ4n) is 2.93. The van der Waals surface area contributed by atoms with E-state index in [2.05, 4.69) is 11.9 Å². The molecular formula is C15H19N3OS. The molecule has 1 aliphatic heterocycles. The molecule has 3 heterocycles. The van der Waals surface area contributed by atoms with Crippen LogP contribution in [0.4, 0.5) is 5.69 Å². The van der Waals surface area contributed by atoms with Crippen molar-refractivity contribution in [1.29, 1.82) is 0 Å². The largest absolute Gasteiger partial charge is 0.397 e. The van der Waals surface area contributed by atoms with Crippen molar-refractivity contribution in [2.75, 3.05) is 12.3 Å². The molecule has 4 nitrogen and oxygen atoms in total. The summed E-state index contributed by atoms with van der Waals surface area (Å²) in [6.07, 6.45) is 6.15. The molecule has 0 saturated carbocycles. The normalized spacial score (nSPS) is 19.4. The Balaban J connectivity index is 1.97. The summed E-state index contributed by atoms with van der Waals surface area (Å²) in [5, 5.41) is 0.894. The highest BCUT2D eigenvalue weighted by Crippen LogP contribution is 2.34. The number of thiophene rings is 1. The van der Waals surface area contributed by atoms with Crippen LogP contribution in [0.2, 0.25) is 0 Å². The number of aromatic nitrogens is 1. The molecule has 2 aromatic heterocycles. The lowest BCUT2D eigenvalue weighted by Gasteiger charge is -2.35. The van der Waals surface area contributed by atoms with Gasteiger partial charge in [0.15, 0.2) is 0 Å². The lowest BCUT2D eigenvalue weighted by Crippen LogP contribution is -2.43. The van der Waals surface area contributed by atoms with Crippen LogP contribution in [0.25, 0.3) is 10.2 Å². The number of hydrogen-bond acceptors (Lipinski definition) is 4. The van der Waals surface area contributed by atoms with E-state index in [4.69, 9.17) is 5.73 Å². The van der Waals surface area contributed by atoms with Crippen molar-refractivity contribution in [3.8, 4) is 0 Å². The summed E-state index contributed by atoms with van der Waals surface area (Å²) in [4.78, 5) is 20.6. The maximum absolute atomic E-state index is 12.8. The highest BCUT2D eigenvalue weighted by atomic mass is 32.1. The van der Waals surface area contributed by atoms with Crippen LogP contribution in [0.1, 0.15) is 42.3 Å². The molecule has 1 aliphatic rings. The maximum Gasteiger partial charge on any atom is 0.266 e. The van der Waals surface area contributed by atoms with Gasteiger partial charge in [-0.15, -0.1) is 11.3 Å². The number of likely N-dealkylation sites (tertiary alicyclic amines) is 1. The maximum atomic E-state index is 12.8. The van der Waals surface area contributed by atoms with Crippen LogP contribution in [-0.2, 0) is 0 Å². The number of nitrogens with zero attached hydrogens (tertiary/aromatic N) is 2. The molecule has 1 atom stereocenters. The van der Waals surface area contributed by atoms with Gasteiger partial charge in [0.2, 0.25) is 0 Å². The fourth-order valence-corrected chi connectivity index (χ4v) is 3.95. The number of nitrogens with two attached hydrogens (primary N) is 1. The molecule has 5 heteroatoms. The zero-order valence-electron chi connectivity index (χ0n) is 11.6. The van der Waals surface area contributed by atoms with Crippen molar-refractivity contribution in [3.63, 3.8) is 0 Å².